The van der Waals surface area contributed by atoms with Crippen molar-refractivity contribution in [3.8, 4) is 0 Å². The number of hydrogen-bond acceptors (Lipinski definition) is 4. The summed E-state index contributed by atoms with van der Waals surface area (Å²) in [6.45, 7) is 3.90. The van der Waals surface area contributed by atoms with E-state index >= 15 is 0 Å². The van der Waals surface area contributed by atoms with Crippen molar-refractivity contribution in [3.05, 3.63) is 78.4 Å². The minimum absolute atomic E-state index is 0.0315. The fraction of sp³-hybridized carbons (Fsp3) is 0.385. The average molecular weight is 482 g/mol. The highest BCUT2D eigenvalue weighted by Gasteiger charge is 2.51. The van der Waals surface area contributed by atoms with Gasteiger partial charge < -0.3 is 10.6 Å². The van der Waals surface area contributed by atoms with Gasteiger partial charge in [0.2, 0.25) is 21.8 Å². The van der Waals surface area contributed by atoms with Crippen molar-refractivity contribution in [2.24, 2.45) is 0 Å². The lowest BCUT2D eigenvalue weighted by molar-refractivity contribution is -0.118. The van der Waals surface area contributed by atoms with Crippen LogP contribution in [0.1, 0.15) is 43.2 Å². The van der Waals surface area contributed by atoms with Gasteiger partial charge >= 0.3 is 0 Å². The van der Waals surface area contributed by atoms with E-state index in [9.17, 15) is 18.0 Å². The molecule has 1 aliphatic carbocycles. The summed E-state index contributed by atoms with van der Waals surface area (Å²) in [5.74, 6) is -0.423. The topological polar surface area (TPSA) is 95.6 Å². The summed E-state index contributed by atoms with van der Waals surface area (Å²) in [5, 5.41) is 5.80. The molecule has 8 heteroatoms. The van der Waals surface area contributed by atoms with Crippen molar-refractivity contribution < 1.29 is 18.0 Å². The van der Waals surface area contributed by atoms with Crippen LogP contribution in [0.2, 0.25) is 0 Å². The summed E-state index contributed by atoms with van der Waals surface area (Å²) >= 11 is 0. The van der Waals surface area contributed by atoms with Crippen LogP contribution in [-0.2, 0) is 31.8 Å². The maximum absolute atomic E-state index is 13.4. The molecule has 2 fully saturated rings. The zero-order valence-electron chi connectivity index (χ0n) is 19.2. The van der Waals surface area contributed by atoms with E-state index in [1.807, 2.05) is 30.3 Å². The lowest BCUT2D eigenvalue weighted by atomic mass is 9.70. The second-order valence-corrected chi connectivity index (χ2v) is 11.1. The van der Waals surface area contributed by atoms with E-state index < -0.39 is 15.6 Å². The minimum atomic E-state index is -3.53. The Hall–Kier alpha value is -2.97. The highest BCUT2D eigenvalue weighted by molar-refractivity contribution is 7.88. The van der Waals surface area contributed by atoms with Crippen molar-refractivity contribution in [2.75, 3.05) is 11.9 Å². The van der Waals surface area contributed by atoms with Crippen LogP contribution in [0.4, 0.5) is 5.69 Å². The molecule has 7 nitrogen and oxygen atoms in total. The molecule has 180 valence electrons. The summed E-state index contributed by atoms with van der Waals surface area (Å²) < 4.78 is 28.4. The number of benzene rings is 2. The van der Waals surface area contributed by atoms with Gasteiger partial charge in [0, 0.05) is 23.8 Å². The molecule has 4 rings (SSSR count). The molecule has 34 heavy (non-hydrogen) atoms. The van der Waals surface area contributed by atoms with Gasteiger partial charge in [0.15, 0.2) is 0 Å². The SMILES string of the molecule is C=CC(=O)NC1CCN(S(=O)(=O)Cc2ccc(NC(=O)Cc3ccccc3)cc2)C2(CCC2)C1. The van der Waals surface area contributed by atoms with E-state index in [1.54, 1.807) is 28.6 Å². The first-order valence-electron chi connectivity index (χ1n) is 11.7. The number of amides is 2. The van der Waals surface area contributed by atoms with Gasteiger partial charge in [-0.1, -0.05) is 49.0 Å². The zero-order chi connectivity index (χ0) is 24.2. The highest BCUT2D eigenvalue weighted by Crippen LogP contribution is 2.46. The van der Waals surface area contributed by atoms with Gasteiger partial charge in [0.1, 0.15) is 0 Å². The molecule has 2 aromatic carbocycles. The van der Waals surface area contributed by atoms with E-state index in [4.69, 9.17) is 0 Å². The fourth-order valence-electron chi connectivity index (χ4n) is 4.99. The van der Waals surface area contributed by atoms with Crippen LogP contribution in [0.25, 0.3) is 0 Å². The lowest BCUT2D eigenvalue weighted by Gasteiger charge is -2.54. The molecule has 1 saturated heterocycles. The molecular weight excluding hydrogens is 450 g/mol. The molecule has 1 atom stereocenters. The largest absolute Gasteiger partial charge is 0.350 e. The molecular formula is C26H31N3O4S. The number of hydrogen-bond donors (Lipinski definition) is 2. The molecule has 2 aliphatic rings. The Bertz CT molecular complexity index is 1140. The molecule has 2 N–H and O–H groups in total. The molecule has 0 radical (unpaired) electrons. The number of carbonyl (C=O) groups excluding carboxylic acids is 2. The molecule has 0 aromatic heterocycles. The van der Waals surface area contributed by atoms with Gasteiger partial charge in [-0.05, 0) is 61.4 Å². The molecule has 2 amide bonds. The number of anilines is 1. The van der Waals surface area contributed by atoms with Crippen LogP contribution in [0, 0.1) is 0 Å². The van der Waals surface area contributed by atoms with E-state index in [1.165, 1.54) is 6.08 Å². The third-order valence-electron chi connectivity index (χ3n) is 6.78. The van der Waals surface area contributed by atoms with Crippen molar-refractivity contribution in [1.29, 1.82) is 0 Å². The lowest BCUT2D eigenvalue weighted by Crippen LogP contribution is -2.63. The Morgan fingerprint density at radius 3 is 2.38 bits per heavy atom. The Kier molecular flexibility index (Phi) is 7.19. The number of carbonyl (C=O) groups is 2. The monoisotopic (exact) mass is 481 g/mol. The first kappa shape index (κ1) is 24.2. The number of piperidine rings is 1. The predicted octanol–water partition coefficient (Wildman–Crippen LogP) is 3.39. The van der Waals surface area contributed by atoms with Gasteiger partial charge in [-0.15, -0.1) is 0 Å². The van der Waals surface area contributed by atoms with Gasteiger partial charge in [-0.2, -0.15) is 4.31 Å². The van der Waals surface area contributed by atoms with Gasteiger partial charge in [-0.3, -0.25) is 9.59 Å². The molecule has 1 saturated carbocycles. The van der Waals surface area contributed by atoms with Crippen LogP contribution in [0.15, 0.2) is 67.3 Å². The number of nitrogens with zero attached hydrogens (tertiary/aromatic N) is 1. The fourth-order valence-corrected chi connectivity index (χ4v) is 6.99. The van der Waals surface area contributed by atoms with Crippen molar-refractivity contribution in [3.63, 3.8) is 0 Å². The zero-order valence-corrected chi connectivity index (χ0v) is 20.0. The van der Waals surface area contributed by atoms with Crippen molar-refractivity contribution in [1.82, 2.24) is 9.62 Å². The summed E-state index contributed by atoms with van der Waals surface area (Å²) in [6, 6.07) is 16.4. The molecule has 2 aromatic rings. The van der Waals surface area contributed by atoms with Gasteiger partial charge in [-0.25, -0.2) is 8.42 Å². The Morgan fingerprint density at radius 2 is 1.76 bits per heavy atom. The van der Waals surface area contributed by atoms with Gasteiger partial charge in [0.05, 0.1) is 12.2 Å². The molecule has 1 heterocycles. The Labute approximate surface area is 201 Å². The highest BCUT2D eigenvalue weighted by atomic mass is 32.2. The van der Waals surface area contributed by atoms with Crippen LogP contribution in [-0.4, -0.2) is 42.7 Å². The predicted molar refractivity (Wildman–Crippen MR) is 132 cm³/mol. The minimum Gasteiger partial charge on any atom is -0.350 e. The van der Waals surface area contributed by atoms with E-state index in [0.717, 1.165) is 24.8 Å². The smallest absolute Gasteiger partial charge is 0.243 e. The molecule has 1 aliphatic heterocycles. The van der Waals surface area contributed by atoms with Crippen LogP contribution in [0.3, 0.4) is 0 Å². The first-order chi connectivity index (χ1) is 16.3. The van der Waals surface area contributed by atoms with Crippen molar-refractivity contribution in [2.45, 2.75) is 55.9 Å². The summed E-state index contributed by atoms with van der Waals surface area (Å²) in [7, 11) is -3.53. The number of sulfonamides is 1. The second kappa shape index (κ2) is 10.1. The maximum Gasteiger partial charge on any atom is 0.243 e. The Morgan fingerprint density at radius 1 is 1.06 bits per heavy atom. The summed E-state index contributed by atoms with van der Waals surface area (Å²) in [5.41, 5.74) is 1.84. The quantitative estimate of drug-likeness (QED) is 0.565. The van der Waals surface area contributed by atoms with Gasteiger partial charge in [0.25, 0.3) is 0 Å². The van der Waals surface area contributed by atoms with Crippen LogP contribution < -0.4 is 10.6 Å². The average Bonchev–Trinajstić information content (AvgIpc) is 2.79. The standard InChI is InChI=1S/C26H31N3O4S/c1-2-24(30)28-23-13-16-29(26(18-23)14-6-15-26)34(32,33)19-21-9-11-22(12-10-21)27-25(31)17-20-7-4-3-5-8-20/h2-5,7-12,23H,1,6,13-19H2,(H,27,31)(H,28,30). The third kappa shape index (κ3) is 5.56. The van der Waals surface area contributed by atoms with E-state index in [2.05, 4.69) is 17.2 Å². The van der Waals surface area contributed by atoms with Crippen LogP contribution >= 0.6 is 0 Å². The summed E-state index contributed by atoms with van der Waals surface area (Å²) in [4.78, 5) is 24.0. The third-order valence-corrected chi connectivity index (χ3v) is 8.72. The maximum atomic E-state index is 13.4. The molecule has 0 bridgehead atoms. The van der Waals surface area contributed by atoms with E-state index in [0.29, 0.717) is 30.6 Å². The molecule has 1 spiro atoms. The molecule has 1 unspecified atom stereocenters. The second-order valence-electron chi connectivity index (χ2n) is 9.22. The number of rotatable bonds is 8. The van der Waals surface area contributed by atoms with E-state index in [-0.39, 0.29) is 30.0 Å². The van der Waals surface area contributed by atoms with Crippen molar-refractivity contribution >= 4 is 27.5 Å². The normalized spacial score (nSPS) is 19.7. The first-order valence-corrected chi connectivity index (χ1v) is 13.3. The Balaban J connectivity index is 1.37. The van der Waals surface area contributed by atoms with Crippen LogP contribution in [0.5, 0.6) is 0 Å². The summed E-state index contributed by atoms with van der Waals surface area (Å²) in [6.07, 6.45) is 5.39. The number of nitrogens with one attached hydrogen (secondary N) is 2.